The van der Waals surface area contributed by atoms with Crippen molar-refractivity contribution in [2.45, 2.75) is 52.5 Å². The Labute approximate surface area is 131 Å². The molecule has 1 aromatic heterocycles. The van der Waals surface area contributed by atoms with Crippen LogP contribution in [-0.2, 0) is 18.4 Å². The van der Waals surface area contributed by atoms with Crippen molar-refractivity contribution >= 4 is 16.9 Å². The van der Waals surface area contributed by atoms with Gasteiger partial charge in [-0.2, -0.15) is 0 Å². The summed E-state index contributed by atoms with van der Waals surface area (Å²) >= 11 is 0. The molecule has 4 heteroatoms. The lowest BCUT2D eigenvalue weighted by Crippen LogP contribution is -2.13. The molecule has 0 atom stereocenters. The number of aromatic nitrogens is 1. The van der Waals surface area contributed by atoms with E-state index in [1.54, 1.807) is 0 Å². The van der Waals surface area contributed by atoms with Crippen molar-refractivity contribution in [3.05, 3.63) is 35.0 Å². The Hall–Kier alpha value is -1.81. The van der Waals surface area contributed by atoms with Crippen LogP contribution < -0.4 is 5.73 Å². The Morgan fingerprint density at radius 3 is 2.50 bits per heavy atom. The van der Waals surface area contributed by atoms with Gasteiger partial charge in [0.1, 0.15) is 0 Å². The lowest BCUT2D eigenvalue weighted by molar-refractivity contribution is 0.0698. The molecule has 0 saturated heterocycles. The number of carboxylic acids is 1. The molecule has 2 rings (SSSR count). The van der Waals surface area contributed by atoms with Crippen molar-refractivity contribution in [2.75, 3.05) is 6.54 Å². The Morgan fingerprint density at radius 1 is 1.32 bits per heavy atom. The first-order valence-electron chi connectivity index (χ1n) is 7.89. The largest absolute Gasteiger partial charge is 0.478 e. The fraction of sp³-hybridized carbons (Fsp3) is 0.500. The molecule has 0 aliphatic rings. The predicted octanol–water partition coefficient (Wildman–Crippen LogP) is 3.55. The van der Waals surface area contributed by atoms with E-state index >= 15 is 0 Å². The third-order valence-electron chi connectivity index (χ3n) is 4.03. The zero-order valence-corrected chi connectivity index (χ0v) is 13.9. The summed E-state index contributed by atoms with van der Waals surface area (Å²) in [6.45, 7) is 9.78. The zero-order valence-electron chi connectivity index (χ0n) is 13.9. The van der Waals surface area contributed by atoms with Gasteiger partial charge in [0.2, 0.25) is 0 Å². The maximum absolute atomic E-state index is 11.8. The highest BCUT2D eigenvalue weighted by Gasteiger charge is 2.22. The number of aryl methyl sites for hydroxylation is 1. The maximum Gasteiger partial charge on any atom is 0.337 e. The molecule has 3 N–H and O–H groups in total. The molecule has 1 heterocycles. The van der Waals surface area contributed by atoms with E-state index in [0.717, 1.165) is 41.4 Å². The van der Waals surface area contributed by atoms with E-state index in [1.807, 2.05) is 6.07 Å². The van der Waals surface area contributed by atoms with Crippen molar-refractivity contribution in [3.63, 3.8) is 0 Å². The first-order valence-corrected chi connectivity index (χ1v) is 7.89. The molecule has 0 saturated carbocycles. The van der Waals surface area contributed by atoms with Crippen molar-refractivity contribution in [3.8, 4) is 0 Å². The topological polar surface area (TPSA) is 68.2 Å². The minimum Gasteiger partial charge on any atom is -0.478 e. The first kappa shape index (κ1) is 16.6. The van der Waals surface area contributed by atoms with E-state index in [-0.39, 0.29) is 5.41 Å². The number of fused-ring (bicyclic) bond motifs is 1. The molecular weight excluding hydrogens is 276 g/mol. The number of nitrogens with zero attached hydrogens (tertiary/aromatic N) is 1. The average molecular weight is 302 g/mol. The molecule has 0 fully saturated rings. The molecule has 0 aliphatic carbocycles. The monoisotopic (exact) mass is 302 g/mol. The van der Waals surface area contributed by atoms with Gasteiger partial charge in [-0.05, 0) is 48.1 Å². The normalized spacial score (nSPS) is 12.0. The minimum atomic E-state index is -0.870. The number of aromatic carboxylic acids is 1. The molecule has 22 heavy (non-hydrogen) atoms. The lowest BCUT2D eigenvalue weighted by atomic mass is 9.85. The highest BCUT2D eigenvalue weighted by molar-refractivity contribution is 6.04. The van der Waals surface area contributed by atoms with Crippen molar-refractivity contribution in [1.82, 2.24) is 4.57 Å². The summed E-state index contributed by atoms with van der Waals surface area (Å²) in [6.07, 6.45) is 3.80. The van der Waals surface area contributed by atoms with Crippen LogP contribution in [0.2, 0.25) is 0 Å². The molecule has 1 aromatic carbocycles. The average Bonchev–Trinajstić information content (AvgIpc) is 2.76. The first-order chi connectivity index (χ1) is 10.3. The molecule has 0 unspecified atom stereocenters. The van der Waals surface area contributed by atoms with Gasteiger partial charge in [-0.25, -0.2) is 4.79 Å². The van der Waals surface area contributed by atoms with Gasteiger partial charge in [-0.15, -0.1) is 0 Å². The summed E-state index contributed by atoms with van der Waals surface area (Å²) in [5.41, 5.74) is 9.04. The van der Waals surface area contributed by atoms with Crippen LogP contribution in [0.1, 0.15) is 55.6 Å². The number of carboxylic acid groups (broad SMARTS) is 1. The number of rotatable bonds is 5. The summed E-state index contributed by atoms with van der Waals surface area (Å²) in [7, 11) is 0. The fourth-order valence-electron chi connectivity index (χ4n) is 2.88. The SMILES string of the molecule is CCCn1cc(CCN)c2cc(C(C)(C)C)cc(C(=O)O)c21. The van der Waals surface area contributed by atoms with Gasteiger partial charge in [0.25, 0.3) is 0 Å². The third-order valence-corrected chi connectivity index (χ3v) is 4.03. The Bertz CT molecular complexity index is 693. The Kier molecular flexibility index (Phi) is 4.61. The van der Waals surface area contributed by atoms with E-state index in [2.05, 4.69) is 44.5 Å². The van der Waals surface area contributed by atoms with Crippen molar-refractivity contribution in [1.29, 1.82) is 0 Å². The number of carbonyl (C=O) groups is 1. The van der Waals surface area contributed by atoms with Gasteiger partial charge in [0.15, 0.2) is 0 Å². The Balaban J connectivity index is 2.83. The van der Waals surface area contributed by atoms with Crippen LogP contribution in [-0.4, -0.2) is 22.2 Å². The van der Waals surface area contributed by atoms with Gasteiger partial charge in [-0.3, -0.25) is 0 Å². The zero-order chi connectivity index (χ0) is 16.5. The maximum atomic E-state index is 11.8. The van der Waals surface area contributed by atoms with Crippen LogP contribution in [0.25, 0.3) is 10.9 Å². The molecule has 120 valence electrons. The highest BCUT2D eigenvalue weighted by Crippen LogP contribution is 2.32. The summed E-state index contributed by atoms with van der Waals surface area (Å²) < 4.78 is 2.07. The third kappa shape index (κ3) is 3.02. The second kappa shape index (κ2) is 6.13. The van der Waals surface area contributed by atoms with E-state index in [1.165, 1.54) is 0 Å². The van der Waals surface area contributed by atoms with Crippen LogP contribution >= 0.6 is 0 Å². The van der Waals surface area contributed by atoms with Crippen LogP contribution in [0.5, 0.6) is 0 Å². The van der Waals surface area contributed by atoms with Crippen molar-refractivity contribution < 1.29 is 9.90 Å². The molecule has 0 aliphatic heterocycles. The summed E-state index contributed by atoms with van der Waals surface area (Å²) in [5.74, 6) is -0.870. The Morgan fingerprint density at radius 2 is 2.00 bits per heavy atom. The van der Waals surface area contributed by atoms with Gasteiger partial charge in [-0.1, -0.05) is 27.7 Å². The van der Waals surface area contributed by atoms with Crippen molar-refractivity contribution in [2.24, 2.45) is 5.73 Å². The number of hydrogen-bond acceptors (Lipinski definition) is 2. The van der Waals surface area contributed by atoms with Crippen LogP contribution in [0.3, 0.4) is 0 Å². The van der Waals surface area contributed by atoms with Gasteiger partial charge in [0.05, 0.1) is 11.1 Å². The van der Waals surface area contributed by atoms with Crippen LogP contribution in [0.4, 0.5) is 0 Å². The standard InChI is InChI=1S/C18H26N2O2/c1-5-8-20-11-12(6-7-19)14-9-13(18(2,3)4)10-15(16(14)20)17(21)22/h9-11H,5-8,19H2,1-4H3,(H,21,22). The molecule has 4 nitrogen and oxygen atoms in total. The molecule has 0 radical (unpaired) electrons. The highest BCUT2D eigenvalue weighted by atomic mass is 16.4. The fourth-order valence-corrected chi connectivity index (χ4v) is 2.88. The predicted molar refractivity (Wildman–Crippen MR) is 90.6 cm³/mol. The summed E-state index contributed by atoms with van der Waals surface area (Å²) in [6, 6.07) is 3.96. The second-order valence-corrected chi connectivity index (χ2v) is 6.86. The summed E-state index contributed by atoms with van der Waals surface area (Å²) in [5, 5.41) is 10.7. The van der Waals surface area contributed by atoms with Crippen LogP contribution in [0.15, 0.2) is 18.3 Å². The molecule has 0 bridgehead atoms. The number of benzene rings is 1. The van der Waals surface area contributed by atoms with E-state index in [4.69, 9.17) is 5.73 Å². The molecule has 0 spiro atoms. The molecular formula is C18H26N2O2. The number of nitrogens with two attached hydrogens (primary N) is 1. The molecule has 2 aromatic rings. The van der Waals surface area contributed by atoms with Gasteiger partial charge in [0, 0.05) is 18.1 Å². The molecule has 0 amide bonds. The summed E-state index contributed by atoms with van der Waals surface area (Å²) in [4.78, 5) is 11.8. The smallest absolute Gasteiger partial charge is 0.337 e. The van der Waals surface area contributed by atoms with E-state index in [0.29, 0.717) is 12.1 Å². The van der Waals surface area contributed by atoms with Gasteiger partial charge >= 0.3 is 5.97 Å². The van der Waals surface area contributed by atoms with Gasteiger partial charge < -0.3 is 15.4 Å². The number of hydrogen-bond donors (Lipinski definition) is 2. The van der Waals surface area contributed by atoms with E-state index < -0.39 is 5.97 Å². The minimum absolute atomic E-state index is 0.0920. The van der Waals surface area contributed by atoms with E-state index in [9.17, 15) is 9.90 Å². The second-order valence-electron chi connectivity index (χ2n) is 6.86. The quantitative estimate of drug-likeness (QED) is 0.887. The van der Waals surface area contributed by atoms with Crippen LogP contribution in [0, 0.1) is 0 Å². The lowest BCUT2D eigenvalue weighted by Gasteiger charge is -2.20.